The zero-order chi connectivity index (χ0) is 17.6. The maximum atomic E-state index is 4.61. The molecule has 0 atom stereocenters. The fourth-order valence-corrected chi connectivity index (χ4v) is 2.71. The van der Waals surface area contributed by atoms with Crippen LogP contribution in [0.3, 0.4) is 0 Å². The molecular formula is C21H22N4. The van der Waals surface area contributed by atoms with E-state index in [1.165, 1.54) is 11.1 Å². The summed E-state index contributed by atoms with van der Waals surface area (Å²) in [6.07, 6.45) is 1.79. The Morgan fingerprint density at radius 3 is 2.36 bits per heavy atom. The number of nitrogens with one attached hydrogen (secondary N) is 2. The highest BCUT2D eigenvalue weighted by Gasteiger charge is 2.07. The van der Waals surface area contributed by atoms with Gasteiger partial charge in [-0.2, -0.15) is 4.98 Å². The smallest absolute Gasteiger partial charge is 0.225 e. The lowest BCUT2D eigenvalue weighted by atomic mass is 10.1. The molecule has 0 fully saturated rings. The van der Waals surface area contributed by atoms with E-state index >= 15 is 0 Å². The molecule has 0 aliphatic carbocycles. The number of rotatable bonds is 6. The fourth-order valence-electron chi connectivity index (χ4n) is 2.71. The highest BCUT2D eigenvalue weighted by Crippen LogP contribution is 2.24. The summed E-state index contributed by atoms with van der Waals surface area (Å²) >= 11 is 0. The Kier molecular flexibility index (Phi) is 5.09. The second-order valence-electron chi connectivity index (χ2n) is 6.00. The van der Waals surface area contributed by atoms with Gasteiger partial charge in [0.1, 0.15) is 5.82 Å². The van der Waals surface area contributed by atoms with Gasteiger partial charge in [-0.15, -0.1) is 6.58 Å². The minimum Gasteiger partial charge on any atom is -0.351 e. The van der Waals surface area contributed by atoms with E-state index in [1.54, 1.807) is 6.08 Å². The van der Waals surface area contributed by atoms with Crippen LogP contribution in [-0.4, -0.2) is 16.5 Å². The molecule has 0 unspecified atom stereocenters. The number of aryl methyl sites for hydroxylation is 2. The molecule has 3 aromatic rings. The van der Waals surface area contributed by atoms with E-state index in [-0.39, 0.29) is 0 Å². The van der Waals surface area contributed by atoms with Crippen LogP contribution >= 0.6 is 0 Å². The van der Waals surface area contributed by atoms with Crippen LogP contribution in [0.15, 0.2) is 67.3 Å². The summed E-state index contributed by atoms with van der Waals surface area (Å²) in [5.41, 5.74) is 5.36. The Morgan fingerprint density at radius 1 is 0.960 bits per heavy atom. The number of nitrogens with zero attached hydrogens (tertiary/aromatic N) is 2. The molecule has 126 valence electrons. The van der Waals surface area contributed by atoms with E-state index in [4.69, 9.17) is 0 Å². The molecule has 4 heteroatoms. The van der Waals surface area contributed by atoms with Crippen LogP contribution in [0.1, 0.15) is 11.1 Å². The van der Waals surface area contributed by atoms with Gasteiger partial charge in [-0.25, -0.2) is 4.98 Å². The molecule has 0 saturated heterocycles. The second kappa shape index (κ2) is 7.62. The summed E-state index contributed by atoms with van der Waals surface area (Å²) in [6, 6.07) is 18.4. The quantitative estimate of drug-likeness (QED) is 0.617. The maximum Gasteiger partial charge on any atom is 0.225 e. The zero-order valence-corrected chi connectivity index (χ0v) is 14.6. The molecule has 2 N–H and O–H groups in total. The molecule has 2 aromatic carbocycles. The van der Waals surface area contributed by atoms with Crippen LogP contribution < -0.4 is 10.6 Å². The van der Waals surface area contributed by atoms with Gasteiger partial charge >= 0.3 is 0 Å². The van der Waals surface area contributed by atoms with Gasteiger partial charge in [-0.3, -0.25) is 0 Å². The lowest BCUT2D eigenvalue weighted by Gasteiger charge is -2.12. The van der Waals surface area contributed by atoms with Gasteiger partial charge in [-0.05, 0) is 37.1 Å². The predicted octanol–water partition coefficient (Wildman–Crippen LogP) is 5.10. The third-order valence-electron chi connectivity index (χ3n) is 3.69. The molecule has 0 saturated carbocycles. The summed E-state index contributed by atoms with van der Waals surface area (Å²) < 4.78 is 0. The number of anilines is 3. The standard InChI is InChI=1S/C21H22N4/c1-4-10-22-21-24-19(17-8-6-5-7-9-17)14-20(25-21)23-18-12-15(2)11-16(3)13-18/h4-9,11-14H,1,10H2,2-3H3,(H2,22,23,24,25). The van der Waals surface area contributed by atoms with Crippen molar-refractivity contribution < 1.29 is 0 Å². The van der Waals surface area contributed by atoms with E-state index in [1.807, 2.05) is 36.4 Å². The topological polar surface area (TPSA) is 49.8 Å². The van der Waals surface area contributed by atoms with Gasteiger partial charge < -0.3 is 10.6 Å². The Balaban J connectivity index is 1.98. The van der Waals surface area contributed by atoms with Crippen LogP contribution in [-0.2, 0) is 0 Å². The first kappa shape index (κ1) is 16.7. The summed E-state index contributed by atoms with van der Waals surface area (Å²) in [6.45, 7) is 8.52. The maximum absolute atomic E-state index is 4.61. The predicted molar refractivity (Wildman–Crippen MR) is 105 cm³/mol. The molecule has 0 aliphatic heterocycles. The Bertz CT molecular complexity index is 852. The highest BCUT2D eigenvalue weighted by molar-refractivity contribution is 5.67. The summed E-state index contributed by atoms with van der Waals surface area (Å²) in [5, 5.41) is 6.57. The van der Waals surface area contributed by atoms with Crippen molar-refractivity contribution in [3.63, 3.8) is 0 Å². The zero-order valence-electron chi connectivity index (χ0n) is 14.6. The third-order valence-corrected chi connectivity index (χ3v) is 3.69. The van der Waals surface area contributed by atoms with Crippen molar-refractivity contribution in [1.29, 1.82) is 0 Å². The van der Waals surface area contributed by atoms with Gasteiger partial charge in [0.15, 0.2) is 0 Å². The number of hydrogen-bond donors (Lipinski definition) is 2. The molecule has 3 rings (SSSR count). The van der Waals surface area contributed by atoms with Crippen LogP contribution in [0.4, 0.5) is 17.5 Å². The van der Waals surface area contributed by atoms with Crippen LogP contribution in [0, 0.1) is 13.8 Å². The van der Waals surface area contributed by atoms with Crippen molar-refractivity contribution in [3.8, 4) is 11.3 Å². The minimum atomic E-state index is 0.577. The monoisotopic (exact) mass is 330 g/mol. The third kappa shape index (κ3) is 4.44. The first-order chi connectivity index (χ1) is 12.1. The normalized spacial score (nSPS) is 10.3. The molecule has 0 radical (unpaired) electrons. The molecule has 0 aliphatic rings. The lowest BCUT2D eigenvalue weighted by Crippen LogP contribution is -2.06. The fraction of sp³-hybridized carbons (Fsp3) is 0.143. The van der Waals surface area contributed by atoms with E-state index in [2.05, 4.69) is 59.2 Å². The van der Waals surface area contributed by atoms with E-state index < -0.39 is 0 Å². The Labute approximate surface area is 148 Å². The van der Waals surface area contributed by atoms with Gasteiger partial charge in [-0.1, -0.05) is 42.5 Å². The summed E-state index contributed by atoms with van der Waals surface area (Å²) in [5.74, 6) is 1.33. The summed E-state index contributed by atoms with van der Waals surface area (Å²) in [7, 11) is 0. The molecule has 0 spiro atoms. The number of hydrogen-bond acceptors (Lipinski definition) is 4. The minimum absolute atomic E-state index is 0.577. The molecule has 1 heterocycles. The first-order valence-corrected chi connectivity index (χ1v) is 8.28. The van der Waals surface area contributed by atoms with Crippen molar-refractivity contribution in [3.05, 3.63) is 78.4 Å². The Hall–Kier alpha value is -3.14. The number of benzene rings is 2. The number of aromatic nitrogens is 2. The second-order valence-corrected chi connectivity index (χ2v) is 6.00. The van der Waals surface area contributed by atoms with Gasteiger partial charge in [0.25, 0.3) is 0 Å². The van der Waals surface area contributed by atoms with Crippen LogP contribution in [0.5, 0.6) is 0 Å². The van der Waals surface area contributed by atoms with Crippen molar-refractivity contribution in [2.24, 2.45) is 0 Å². The van der Waals surface area contributed by atoms with Crippen LogP contribution in [0.2, 0.25) is 0 Å². The molecule has 1 aromatic heterocycles. The largest absolute Gasteiger partial charge is 0.351 e. The lowest BCUT2D eigenvalue weighted by molar-refractivity contribution is 1.12. The van der Waals surface area contributed by atoms with Crippen LogP contribution in [0.25, 0.3) is 11.3 Å². The molecule has 4 nitrogen and oxygen atoms in total. The SMILES string of the molecule is C=CCNc1nc(Nc2cc(C)cc(C)c2)cc(-c2ccccc2)n1. The summed E-state index contributed by atoms with van der Waals surface area (Å²) in [4.78, 5) is 9.18. The Morgan fingerprint density at radius 2 is 1.68 bits per heavy atom. The molecule has 0 bridgehead atoms. The molecule has 0 amide bonds. The van der Waals surface area contributed by atoms with Crippen molar-refractivity contribution in [2.45, 2.75) is 13.8 Å². The van der Waals surface area contributed by atoms with E-state index in [0.717, 1.165) is 22.8 Å². The van der Waals surface area contributed by atoms with Gasteiger partial charge in [0.2, 0.25) is 5.95 Å². The highest BCUT2D eigenvalue weighted by atomic mass is 15.1. The van der Waals surface area contributed by atoms with Gasteiger partial charge in [0, 0.05) is 23.9 Å². The average Bonchev–Trinajstić information content (AvgIpc) is 2.59. The van der Waals surface area contributed by atoms with E-state index in [9.17, 15) is 0 Å². The van der Waals surface area contributed by atoms with Crippen molar-refractivity contribution in [2.75, 3.05) is 17.2 Å². The molecule has 25 heavy (non-hydrogen) atoms. The van der Waals surface area contributed by atoms with E-state index in [0.29, 0.717) is 12.5 Å². The average molecular weight is 330 g/mol. The van der Waals surface area contributed by atoms with Gasteiger partial charge in [0.05, 0.1) is 5.69 Å². The van der Waals surface area contributed by atoms with Crippen molar-refractivity contribution >= 4 is 17.5 Å². The van der Waals surface area contributed by atoms with Crippen molar-refractivity contribution in [1.82, 2.24) is 9.97 Å². The first-order valence-electron chi connectivity index (χ1n) is 8.28. The molecular weight excluding hydrogens is 308 g/mol.